The number of nitrogens with zero attached hydrogens (tertiary/aromatic N) is 2. The number of rotatable bonds is 4. The van der Waals surface area contributed by atoms with Crippen LogP contribution in [0.1, 0.15) is 62.7 Å². The van der Waals surface area contributed by atoms with E-state index in [-0.39, 0.29) is 47.2 Å². The molecule has 0 N–H and O–H groups in total. The third-order valence-electron chi connectivity index (χ3n) is 6.69. The summed E-state index contributed by atoms with van der Waals surface area (Å²) in [6.45, 7) is 5.00. The molecule has 1 amide bonds. The second-order valence-electron chi connectivity index (χ2n) is 8.98. The maximum Gasteiger partial charge on any atom is 0.254 e. The smallest absolute Gasteiger partial charge is 0.254 e. The molecular formula is C22H31ClN2O4S. The van der Waals surface area contributed by atoms with Crippen LogP contribution < -0.4 is 0 Å². The van der Waals surface area contributed by atoms with Gasteiger partial charge in [-0.1, -0.05) is 24.4 Å². The first kappa shape index (κ1) is 22.1. The highest BCUT2D eigenvalue weighted by Crippen LogP contribution is 2.36. The zero-order valence-electron chi connectivity index (χ0n) is 17.7. The maximum absolute atomic E-state index is 13.3. The average molecular weight is 455 g/mol. The Labute approximate surface area is 184 Å². The van der Waals surface area contributed by atoms with Gasteiger partial charge in [0.2, 0.25) is 10.0 Å². The first-order chi connectivity index (χ1) is 14.3. The van der Waals surface area contributed by atoms with Crippen molar-refractivity contribution in [3.63, 3.8) is 0 Å². The molecule has 0 radical (unpaired) electrons. The van der Waals surface area contributed by atoms with Gasteiger partial charge in [0.05, 0.1) is 17.2 Å². The lowest BCUT2D eigenvalue weighted by molar-refractivity contribution is -0.0440. The fourth-order valence-corrected chi connectivity index (χ4v) is 7.43. The molecule has 30 heavy (non-hydrogen) atoms. The molecule has 3 aliphatic rings. The molecule has 166 valence electrons. The minimum Gasteiger partial charge on any atom is -0.373 e. The fourth-order valence-electron chi connectivity index (χ4n) is 5.34. The number of sulfonamides is 1. The van der Waals surface area contributed by atoms with Crippen molar-refractivity contribution in [3.8, 4) is 0 Å². The molecule has 1 aromatic rings. The summed E-state index contributed by atoms with van der Waals surface area (Å²) in [5.74, 6) is 0.490. The Kier molecular flexibility index (Phi) is 6.45. The first-order valence-electron chi connectivity index (χ1n) is 11.0. The Morgan fingerprint density at radius 2 is 1.73 bits per heavy atom. The van der Waals surface area contributed by atoms with Gasteiger partial charge in [0.15, 0.2) is 0 Å². The lowest BCUT2D eigenvalue weighted by atomic mass is 9.95. The van der Waals surface area contributed by atoms with E-state index in [2.05, 4.69) is 0 Å². The number of hydrogen-bond acceptors (Lipinski definition) is 4. The van der Waals surface area contributed by atoms with Gasteiger partial charge in [-0.15, -0.1) is 0 Å². The molecule has 0 bridgehead atoms. The summed E-state index contributed by atoms with van der Waals surface area (Å²) in [6, 6.07) is 4.93. The quantitative estimate of drug-likeness (QED) is 0.691. The summed E-state index contributed by atoms with van der Waals surface area (Å²) in [5, 5.41) is 0.145. The largest absolute Gasteiger partial charge is 0.373 e. The van der Waals surface area contributed by atoms with Gasteiger partial charge in [-0.2, -0.15) is 4.31 Å². The van der Waals surface area contributed by atoms with E-state index in [1.165, 1.54) is 42.1 Å². The normalized spacial score (nSPS) is 28.9. The van der Waals surface area contributed by atoms with E-state index < -0.39 is 10.0 Å². The summed E-state index contributed by atoms with van der Waals surface area (Å²) in [5.41, 5.74) is 0.400. The molecule has 0 aromatic heterocycles. The number of ether oxygens (including phenoxy) is 1. The van der Waals surface area contributed by atoms with Crippen LogP contribution in [-0.2, 0) is 14.8 Å². The molecule has 0 unspecified atom stereocenters. The molecule has 1 aliphatic carbocycles. The third-order valence-corrected chi connectivity index (χ3v) is 9.00. The van der Waals surface area contributed by atoms with Crippen molar-refractivity contribution in [1.82, 2.24) is 9.21 Å². The number of carbonyl (C=O) groups excluding carboxylic acids is 1. The molecule has 1 saturated carbocycles. The van der Waals surface area contributed by atoms with E-state index in [9.17, 15) is 13.2 Å². The van der Waals surface area contributed by atoms with E-state index >= 15 is 0 Å². The van der Waals surface area contributed by atoms with Gasteiger partial charge in [0.25, 0.3) is 5.91 Å². The summed E-state index contributed by atoms with van der Waals surface area (Å²) >= 11 is 6.31. The lowest BCUT2D eigenvalue weighted by Crippen LogP contribution is -2.48. The van der Waals surface area contributed by atoms with Crippen molar-refractivity contribution in [2.75, 3.05) is 19.6 Å². The number of halogens is 1. The SMILES string of the molecule is C[C@@H]1CN(S(=O)(=O)c2cc(C(=O)N3CCC[C@@H]3C3CCCC3)ccc2Cl)C[C@H](C)O1. The molecule has 3 atom stereocenters. The molecule has 2 saturated heterocycles. The van der Waals surface area contributed by atoms with E-state index in [0.29, 0.717) is 11.5 Å². The minimum absolute atomic E-state index is 0.00734. The molecule has 6 nitrogen and oxygen atoms in total. The van der Waals surface area contributed by atoms with Crippen LogP contribution in [0.5, 0.6) is 0 Å². The predicted molar refractivity (Wildman–Crippen MR) is 116 cm³/mol. The molecule has 1 aromatic carbocycles. The van der Waals surface area contributed by atoms with E-state index in [0.717, 1.165) is 19.4 Å². The number of benzene rings is 1. The molecule has 4 rings (SSSR count). The Morgan fingerprint density at radius 3 is 2.40 bits per heavy atom. The molecule has 2 aliphatic heterocycles. The number of hydrogen-bond donors (Lipinski definition) is 0. The number of morpholine rings is 1. The molecular weight excluding hydrogens is 424 g/mol. The van der Waals surface area contributed by atoms with Crippen LogP contribution in [0.3, 0.4) is 0 Å². The molecule has 2 heterocycles. The second kappa shape index (κ2) is 8.77. The highest BCUT2D eigenvalue weighted by Gasteiger charge is 2.38. The number of amides is 1. The minimum atomic E-state index is -3.82. The van der Waals surface area contributed by atoms with Gasteiger partial charge >= 0.3 is 0 Å². The second-order valence-corrected chi connectivity index (χ2v) is 11.3. The van der Waals surface area contributed by atoms with Crippen molar-refractivity contribution >= 4 is 27.5 Å². The summed E-state index contributed by atoms with van der Waals surface area (Å²) in [4.78, 5) is 15.3. The van der Waals surface area contributed by atoms with Crippen LogP contribution in [0.2, 0.25) is 5.02 Å². The average Bonchev–Trinajstić information content (AvgIpc) is 3.38. The van der Waals surface area contributed by atoms with Crippen molar-refractivity contribution in [1.29, 1.82) is 0 Å². The monoisotopic (exact) mass is 454 g/mol. The summed E-state index contributed by atoms with van der Waals surface area (Å²) in [6.07, 6.45) is 6.51. The van der Waals surface area contributed by atoms with Gasteiger partial charge in [0, 0.05) is 31.2 Å². The Balaban J connectivity index is 1.60. The summed E-state index contributed by atoms with van der Waals surface area (Å²) in [7, 11) is -3.82. The lowest BCUT2D eigenvalue weighted by Gasteiger charge is -2.34. The molecule has 3 fully saturated rings. The highest BCUT2D eigenvalue weighted by atomic mass is 35.5. The van der Waals surface area contributed by atoms with Crippen molar-refractivity contribution in [3.05, 3.63) is 28.8 Å². The van der Waals surface area contributed by atoms with Crippen molar-refractivity contribution in [2.45, 2.75) is 75.5 Å². The van der Waals surface area contributed by atoms with Crippen molar-refractivity contribution < 1.29 is 17.9 Å². The van der Waals surface area contributed by atoms with E-state index in [1.807, 2.05) is 18.7 Å². The van der Waals surface area contributed by atoms with Gasteiger partial charge < -0.3 is 9.64 Å². The van der Waals surface area contributed by atoms with Crippen LogP contribution in [0.15, 0.2) is 23.1 Å². The predicted octanol–water partition coefficient (Wildman–Crippen LogP) is 3.93. The Hall–Kier alpha value is -1.15. The van der Waals surface area contributed by atoms with E-state index in [4.69, 9.17) is 16.3 Å². The Morgan fingerprint density at radius 1 is 1.07 bits per heavy atom. The first-order valence-corrected chi connectivity index (χ1v) is 12.9. The van der Waals surface area contributed by atoms with Crippen LogP contribution >= 0.6 is 11.6 Å². The van der Waals surface area contributed by atoms with Gasteiger partial charge in [0.1, 0.15) is 4.90 Å². The maximum atomic E-state index is 13.3. The van der Waals surface area contributed by atoms with Gasteiger partial charge in [-0.05, 0) is 63.6 Å². The zero-order chi connectivity index (χ0) is 21.5. The zero-order valence-corrected chi connectivity index (χ0v) is 19.3. The topological polar surface area (TPSA) is 66.9 Å². The molecule has 0 spiro atoms. The fraction of sp³-hybridized carbons (Fsp3) is 0.682. The van der Waals surface area contributed by atoms with E-state index in [1.54, 1.807) is 6.07 Å². The highest BCUT2D eigenvalue weighted by molar-refractivity contribution is 7.89. The molecule has 8 heteroatoms. The third kappa shape index (κ3) is 4.27. The van der Waals surface area contributed by atoms with Crippen molar-refractivity contribution in [2.24, 2.45) is 5.92 Å². The van der Waals surface area contributed by atoms with Crippen LogP contribution in [0.25, 0.3) is 0 Å². The van der Waals surface area contributed by atoms with Crippen LogP contribution in [-0.4, -0.2) is 61.4 Å². The Bertz CT molecular complexity index is 890. The standard InChI is InChI=1S/C22H31ClN2O4S/c1-15-13-24(14-16(2)29-15)30(27,28)21-12-18(9-10-19(21)23)22(26)25-11-5-8-20(25)17-6-3-4-7-17/h9-10,12,15-17,20H,3-8,11,13-14H2,1-2H3/t15-,16+,20-/m1/s1. The number of carbonyl (C=O) groups is 1. The van der Waals surface area contributed by atoms with Crippen LogP contribution in [0, 0.1) is 5.92 Å². The van der Waals surface area contributed by atoms with Gasteiger partial charge in [-0.25, -0.2) is 8.42 Å². The van der Waals surface area contributed by atoms with Gasteiger partial charge in [-0.3, -0.25) is 4.79 Å². The van der Waals surface area contributed by atoms with Crippen LogP contribution in [0.4, 0.5) is 0 Å². The number of likely N-dealkylation sites (tertiary alicyclic amines) is 1. The summed E-state index contributed by atoms with van der Waals surface area (Å²) < 4.78 is 33.7.